The molecule has 0 spiro atoms. The molecule has 1 atom stereocenters. The van der Waals surface area contributed by atoms with Gasteiger partial charge in [-0.25, -0.2) is 0 Å². The lowest BCUT2D eigenvalue weighted by Gasteiger charge is -2.36. The van der Waals surface area contributed by atoms with Crippen LogP contribution in [0.4, 0.5) is 0 Å². The van der Waals surface area contributed by atoms with E-state index in [1.807, 2.05) is 11.8 Å². The molecule has 0 radical (unpaired) electrons. The quantitative estimate of drug-likeness (QED) is 0.704. The zero-order valence-electron chi connectivity index (χ0n) is 11.4. The van der Waals surface area contributed by atoms with Gasteiger partial charge in [-0.05, 0) is 13.3 Å². The Morgan fingerprint density at radius 1 is 1.33 bits per heavy atom. The maximum Gasteiger partial charge on any atom is 0.248 e. The van der Waals surface area contributed by atoms with Crippen LogP contribution in [0.25, 0.3) is 0 Å². The Morgan fingerprint density at radius 3 is 2.50 bits per heavy atom. The third-order valence-electron chi connectivity index (χ3n) is 3.25. The molecule has 1 saturated heterocycles. The Kier molecular flexibility index (Phi) is 6.69. The van der Waals surface area contributed by atoms with Crippen LogP contribution in [-0.4, -0.2) is 61.1 Å². The summed E-state index contributed by atoms with van der Waals surface area (Å²) in [4.78, 5) is 15.7. The van der Waals surface area contributed by atoms with Crippen molar-refractivity contribution in [3.05, 3.63) is 0 Å². The van der Waals surface area contributed by atoms with E-state index < -0.39 is 0 Å². The molecule has 18 heavy (non-hydrogen) atoms. The van der Waals surface area contributed by atoms with Gasteiger partial charge in [0.15, 0.2) is 0 Å². The van der Waals surface area contributed by atoms with Crippen molar-refractivity contribution < 1.29 is 9.53 Å². The summed E-state index contributed by atoms with van der Waals surface area (Å²) in [5.74, 6) is 0.0560. The smallest absolute Gasteiger partial charge is 0.248 e. The number of carbonyl (C=O) groups excluding carboxylic acids is 1. The number of amides is 1. The molecular weight excluding hydrogens is 230 g/mol. The molecule has 0 aromatic heterocycles. The van der Waals surface area contributed by atoms with Crippen molar-refractivity contribution in [2.75, 3.05) is 39.4 Å². The maximum atomic E-state index is 11.7. The molecule has 1 amide bonds. The number of hydrogen-bond acceptors (Lipinski definition) is 4. The summed E-state index contributed by atoms with van der Waals surface area (Å²) < 4.78 is 5.13. The van der Waals surface area contributed by atoms with E-state index >= 15 is 0 Å². The molecule has 0 aliphatic carbocycles. The Hall–Kier alpha value is -1.12. The average Bonchev–Trinajstić information content (AvgIpc) is 2.42. The second-order valence-corrected chi connectivity index (χ2v) is 4.49. The van der Waals surface area contributed by atoms with Crippen LogP contribution >= 0.6 is 0 Å². The molecular formula is C13H23N3O2. The molecule has 1 unspecified atom stereocenters. The van der Waals surface area contributed by atoms with Crippen molar-refractivity contribution in [2.45, 2.75) is 32.7 Å². The SMILES string of the molecule is CCCC(C#N)N1CCN(C(=O)COCC)CC1. The van der Waals surface area contributed by atoms with Crippen LogP contribution in [0.2, 0.25) is 0 Å². The number of piperazine rings is 1. The average molecular weight is 253 g/mol. The van der Waals surface area contributed by atoms with Gasteiger partial charge in [0.05, 0.1) is 12.1 Å². The van der Waals surface area contributed by atoms with E-state index in [0.717, 1.165) is 25.9 Å². The fourth-order valence-corrected chi connectivity index (χ4v) is 2.17. The van der Waals surface area contributed by atoms with Crippen molar-refractivity contribution in [1.82, 2.24) is 9.80 Å². The fourth-order valence-electron chi connectivity index (χ4n) is 2.17. The molecule has 0 saturated carbocycles. The molecule has 1 aliphatic heterocycles. The first-order valence-electron chi connectivity index (χ1n) is 6.72. The van der Waals surface area contributed by atoms with Crippen molar-refractivity contribution in [2.24, 2.45) is 0 Å². The van der Waals surface area contributed by atoms with Crippen LogP contribution in [0.15, 0.2) is 0 Å². The predicted molar refractivity (Wildman–Crippen MR) is 69.0 cm³/mol. The molecule has 0 bridgehead atoms. The second-order valence-electron chi connectivity index (χ2n) is 4.49. The minimum Gasteiger partial charge on any atom is -0.372 e. The maximum absolute atomic E-state index is 11.7. The number of nitriles is 1. The van der Waals surface area contributed by atoms with Crippen molar-refractivity contribution in [1.29, 1.82) is 5.26 Å². The first-order valence-corrected chi connectivity index (χ1v) is 6.72. The second kappa shape index (κ2) is 8.06. The molecule has 0 aromatic rings. The standard InChI is InChI=1S/C13H23N3O2/c1-3-5-12(10-14)15-6-8-16(9-7-15)13(17)11-18-4-2/h12H,3-9,11H2,1-2H3. The van der Waals surface area contributed by atoms with Crippen LogP contribution in [0, 0.1) is 11.3 Å². The minimum absolute atomic E-state index is 0.000793. The lowest BCUT2D eigenvalue weighted by molar-refractivity contribution is -0.137. The molecule has 5 nitrogen and oxygen atoms in total. The number of ether oxygens (including phenoxy) is 1. The summed E-state index contributed by atoms with van der Waals surface area (Å²) >= 11 is 0. The lowest BCUT2D eigenvalue weighted by Crippen LogP contribution is -2.52. The Labute approximate surface area is 109 Å². The Bertz CT molecular complexity index is 293. The van der Waals surface area contributed by atoms with Gasteiger partial charge in [0, 0.05) is 32.8 Å². The van der Waals surface area contributed by atoms with Crippen LogP contribution in [0.3, 0.4) is 0 Å². The number of rotatable bonds is 6. The lowest BCUT2D eigenvalue weighted by atomic mass is 10.1. The summed E-state index contributed by atoms with van der Waals surface area (Å²) in [7, 11) is 0. The van der Waals surface area contributed by atoms with Crippen LogP contribution in [0.5, 0.6) is 0 Å². The fraction of sp³-hybridized carbons (Fsp3) is 0.846. The van der Waals surface area contributed by atoms with E-state index in [0.29, 0.717) is 19.7 Å². The normalized spacial score (nSPS) is 18.4. The summed E-state index contributed by atoms with van der Waals surface area (Å²) in [5, 5.41) is 9.11. The van der Waals surface area contributed by atoms with Gasteiger partial charge in [0.25, 0.3) is 0 Å². The largest absolute Gasteiger partial charge is 0.372 e. The molecule has 1 fully saturated rings. The molecule has 1 heterocycles. The highest BCUT2D eigenvalue weighted by Gasteiger charge is 2.25. The van der Waals surface area contributed by atoms with Gasteiger partial charge >= 0.3 is 0 Å². The van der Waals surface area contributed by atoms with Gasteiger partial charge < -0.3 is 9.64 Å². The highest BCUT2D eigenvalue weighted by molar-refractivity contribution is 5.77. The molecule has 0 aromatic carbocycles. The molecule has 1 rings (SSSR count). The highest BCUT2D eigenvalue weighted by Crippen LogP contribution is 2.10. The minimum atomic E-state index is -0.000793. The number of nitrogens with zero attached hydrogens (tertiary/aromatic N) is 3. The van der Waals surface area contributed by atoms with Gasteiger partial charge in [-0.3, -0.25) is 9.69 Å². The van der Waals surface area contributed by atoms with Crippen molar-refractivity contribution in [3.8, 4) is 6.07 Å². The Morgan fingerprint density at radius 2 is 2.00 bits per heavy atom. The zero-order valence-corrected chi connectivity index (χ0v) is 11.4. The first kappa shape index (κ1) is 14.9. The summed E-state index contributed by atoms with van der Waals surface area (Å²) in [6.45, 7) is 7.69. The van der Waals surface area contributed by atoms with Crippen LogP contribution in [0.1, 0.15) is 26.7 Å². The predicted octanol–water partition coefficient (Wildman–Crippen LogP) is 0.859. The van der Waals surface area contributed by atoms with Crippen LogP contribution < -0.4 is 0 Å². The Balaban J connectivity index is 2.36. The number of carbonyl (C=O) groups is 1. The monoisotopic (exact) mass is 253 g/mol. The van der Waals surface area contributed by atoms with Crippen molar-refractivity contribution in [3.63, 3.8) is 0 Å². The van der Waals surface area contributed by atoms with E-state index in [-0.39, 0.29) is 18.6 Å². The van der Waals surface area contributed by atoms with E-state index in [1.165, 1.54) is 0 Å². The van der Waals surface area contributed by atoms with Gasteiger partial charge in [0.2, 0.25) is 5.91 Å². The summed E-state index contributed by atoms with van der Waals surface area (Å²) in [6.07, 6.45) is 1.92. The van der Waals surface area contributed by atoms with E-state index in [1.54, 1.807) is 0 Å². The molecule has 0 N–H and O–H groups in total. The summed E-state index contributed by atoms with van der Waals surface area (Å²) in [6, 6.07) is 2.35. The van der Waals surface area contributed by atoms with E-state index in [4.69, 9.17) is 10.00 Å². The van der Waals surface area contributed by atoms with Gasteiger partial charge in [0.1, 0.15) is 6.61 Å². The van der Waals surface area contributed by atoms with Gasteiger partial charge in [-0.1, -0.05) is 13.3 Å². The van der Waals surface area contributed by atoms with Gasteiger partial charge in [-0.2, -0.15) is 5.26 Å². The summed E-state index contributed by atoms with van der Waals surface area (Å²) in [5.41, 5.74) is 0. The topological polar surface area (TPSA) is 56.6 Å². The zero-order chi connectivity index (χ0) is 13.4. The van der Waals surface area contributed by atoms with E-state index in [9.17, 15) is 4.79 Å². The third kappa shape index (κ3) is 4.28. The first-order chi connectivity index (χ1) is 8.72. The highest BCUT2D eigenvalue weighted by atomic mass is 16.5. The molecule has 102 valence electrons. The third-order valence-corrected chi connectivity index (χ3v) is 3.25. The molecule has 1 aliphatic rings. The van der Waals surface area contributed by atoms with Gasteiger partial charge in [-0.15, -0.1) is 0 Å². The van der Waals surface area contributed by atoms with Crippen LogP contribution in [-0.2, 0) is 9.53 Å². The number of hydrogen-bond donors (Lipinski definition) is 0. The van der Waals surface area contributed by atoms with Crippen molar-refractivity contribution >= 4 is 5.91 Å². The molecule has 5 heteroatoms. The van der Waals surface area contributed by atoms with E-state index in [2.05, 4.69) is 17.9 Å².